The van der Waals surface area contributed by atoms with Crippen LogP contribution in [-0.4, -0.2) is 68.8 Å². The Bertz CT molecular complexity index is 575. The Balaban J connectivity index is 1.88. The second-order valence-electron chi connectivity index (χ2n) is 6.58. The molecule has 1 aromatic carbocycles. The summed E-state index contributed by atoms with van der Waals surface area (Å²) in [5.74, 6) is -0.0239. The molecular formula is C19H27N3O3. The Morgan fingerprint density at radius 2 is 2.08 bits per heavy atom. The van der Waals surface area contributed by atoms with Crippen molar-refractivity contribution in [3.63, 3.8) is 0 Å². The largest absolute Gasteiger partial charge is 0.376 e. The number of likely N-dealkylation sites (N-methyl/N-ethyl adjacent to an activating group) is 1. The van der Waals surface area contributed by atoms with Gasteiger partial charge in [0.2, 0.25) is 5.91 Å². The second kappa shape index (κ2) is 10.1. The van der Waals surface area contributed by atoms with Gasteiger partial charge in [-0.3, -0.25) is 4.79 Å². The van der Waals surface area contributed by atoms with Crippen molar-refractivity contribution >= 4 is 5.91 Å². The van der Waals surface area contributed by atoms with Gasteiger partial charge in [-0.15, -0.1) is 0 Å². The number of nitrogens with zero attached hydrogens (tertiary/aromatic N) is 3. The SMILES string of the molecule is CN(C)CCN(Cc1ccc(C#N)cc1)C(=O)COC[C@H]1CCCO1. The minimum absolute atomic E-state index is 0.0239. The predicted octanol–water partition coefficient (Wildman–Crippen LogP) is 1.64. The van der Waals surface area contributed by atoms with E-state index >= 15 is 0 Å². The third-order valence-electron chi connectivity index (χ3n) is 4.18. The molecule has 2 rings (SSSR count). The van der Waals surface area contributed by atoms with Crippen molar-refractivity contribution in [2.45, 2.75) is 25.5 Å². The van der Waals surface area contributed by atoms with E-state index in [1.165, 1.54) is 0 Å². The molecule has 6 heteroatoms. The standard InChI is InChI=1S/C19H27N3O3/c1-21(2)9-10-22(13-17-7-5-16(12-20)6-8-17)19(23)15-24-14-18-4-3-11-25-18/h5-8,18H,3-4,9-11,13-15H2,1-2H3/t18-/m1/s1. The van der Waals surface area contributed by atoms with Crippen LogP contribution in [0.25, 0.3) is 0 Å². The van der Waals surface area contributed by atoms with Gasteiger partial charge in [-0.2, -0.15) is 5.26 Å². The first-order valence-electron chi connectivity index (χ1n) is 8.69. The molecule has 1 heterocycles. The van der Waals surface area contributed by atoms with Gasteiger partial charge >= 0.3 is 0 Å². The fourth-order valence-electron chi connectivity index (χ4n) is 2.66. The van der Waals surface area contributed by atoms with E-state index in [4.69, 9.17) is 14.7 Å². The lowest BCUT2D eigenvalue weighted by atomic mass is 10.1. The Morgan fingerprint density at radius 3 is 2.68 bits per heavy atom. The second-order valence-corrected chi connectivity index (χ2v) is 6.58. The summed E-state index contributed by atoms with van der Waals surface area (Å²) in [7, 11) is 3.97. The van der Waals surface area contributed by atoms with Gasteiger partial charge in [-0.05, 0) is 44.6 Å². The Labute approximate surface area is 149 Å². The first-order chi connectivity index (χ1) is 12.1. The molecule has 1 amide bonds. The molecule has 1 atom stereocenters. The quantitative estimate of drug-likeness (QED) is 0.681. The van der Waals surface area contributed by atoms with Crippen LogP contribution in [0.1, 0.15) is 24.0 Å². The Hall–Kier alpha value is -1.94. The van der Waals surface area contributed by atoms with Crippen LogP contribution in [0.2, 0.25) is 0 Å². The average Bonchev–Trinajstić information content (AvgIpc) is 3.12. The van der Waals surface area contributed by atoms with Crippen molar-refractivity contribution in [3.8, 4) is 6.07 Å². The number of benzene rings is 1. The summed E-state index contributed by atoms with van der Waals surface area (Å²) in [6.07, 6.45) is 2.20. The molecule has 1 aliphatic heterocycles. The lowest BCUT2D eigenvalue weighted by Crippen LogP contribution is -2.38. The van der Waals surface area contributed by atoms with Crippen LogP contribution in [0.3, 0.4) is 0 Å². The van der Waals surface area contributed by atoms with Gasteiger partial charge in [-0.25, -0.2) is 0 Å². The van der Waals surface area contributed by atoms with Gasteiger partial charge in [0.1, 0.15) is 6.61 Å². The van der Waals surface area contributed by atoms with Crippen LogP contribution >= 0.6 is 0 Å². The zero-order chi connectivity index (χ0) is 18.1. The van der Waals surface area contributed by atoms with Gasteiger partial charge in [0, 0.05) is 26.2 Å². The summed E-state index contributed by atoms with van der Waals surface area (Å²) < 4.78 is 11.1. The molecule has 1 saturated heterocycles. The first-order valence-corrected chi connectivity index (χ1v) is 8.69. The van der Waals surface area contributed by atoms with Crippen LogP contribution in [0.15, 0.2) is 24.3 Å². The summed E-state index contributed by atoms with van der Waals surface area (Å²) in [5.41, 5.74) is 1.63. The van der Waals surface area contributed by atoms with E-state index in [0.717, 1.165) is 31.6 Å². The van der Waals surface area contributed by atoms with Crippen molar-refractivity contribution < 1.29 is 14.3 Å². The van der Waals surface area contributed by atoms with E-state index < -0.39 is 0 Å². The van der Waals surface area contributed by atoms with Crippen molar-refractivity contribution in [3.05, 3.63) is 35.4 Å². The first kappa shape index (κ1) is 19.4. The molecule has 0 aromatic heterocycles. The number of ether oxygens (including phenoxy) is 2. The number of amides is 1. The van der Waals surface area contributed by atoms with E-state index in [1.54, 1.807) is 17.0 Å². The van der Waals surface area contributed by atoms with Gasteiger partial charge in [-0.1, -0.05) is 12.1 Å². The van der Waals surface area contributed by atoms with Crippen LogP contribution in [0.5, 0.6) is 0 Å². The molecule has 0 N–H and O–H groups in total. The maximum Gasteiger partial charge on any atom is 0.248 e. The molecule has 0 bridgehead atoms. The molecule has 0 saturated carbocycles. The van der Waals surface area contributed by atoms with Crippen molar-refractivity contribution in [1.29, 1.82) is 5.26 Å². The maximum atomic E-state index is 12.5. The number of rotatable bonds is 9. The van der Waals surface area contributed by atoms with E-state index in [-0.39, 0.29) is 18.6 Å². The number of hydrogen-bond acceptors (Lipinski definition) is 5. The van der Waals surface area contributed by atoms with Crippen LogP contribution < -0.4 is 0 Å². The van der Waals surface area contributed by atoms with Crippen molar-refractivity contribution in [1.82, 2.24) is 9.80 Å². The van der Waals surface area contributed by atoms with Gasteiger partial charge in [0.25, 0.3) is 0 Å². The summed E-state index contributed by atoms with van der Waals surface area (Å²) in [5, 5.41) is 8.88. The Morgan fingerprint density at radius 1 is 1.32 bits per heavy atom. The molecule has 0 unspecified atom stereocenters. The average molecular weight is 345 g/mol. The molecule has 1 aliphatic rings. The molecular weight excluding hydrogens is 318 g/mol. The zero-order valence-electron chi connectivity index (χ0n) is 15.1. The lowest BCUT2D eigenvalue weighted by molar-refractivity contribution is -0.138. The van der Waals surface area contributed by atoms with Crippen LogP contribution in [0, 0.1) is 11.3 Å². The van der Waals surface area contributed by atoms with Crippen LogP contribution in [-0.2, 0) is 20.8 Å². The normalized spacial score (nSPS) is 16.8. The summed E-state index contributed by atoms with van der Waals surface area (Å²) in [6, 6.07) is 9.44. The molecule has 0 radical (unpaired) electrons. The number of carbonyl (C=O) groups excluding carboxylic acids is 1. The highest BCUT2D eigenvalue weighted by Crippen LogP contribution is 2.12. The molecule has 1 aromatic rings. The summed E-state index contributed by atoms with van der Waals surface area (Å²) in [6.45, 7) is 3.27. The summed E-state index contributed by atoms with van der Waals surface area (Å²) in [4.78, 5) is 16.4. The Kier molecular flexibility index (Phi) is 7.86. The number of hydrogen-bond donors (Lipinski definition) is 0. The fraction of sp³-hybridized carbons (Fsp3) is 0.579. The third kappa shape index (κ3) is 6.83. The molecule has 0 spiro atoms. The highest BCUT2D eigenvalue weighted by Gasteiger charge is 2.18. The molecule has 136 valence electrons. The lowest BCUT2D eigenvalue weighted by Gasteiger charge is -2.25. The topological polar surface area (TPSA) is 65.8 Å². The highest BCUT2D eigenvalue weighted by molar-refractivity contribution is 5.77. The predicted molar refractivity (Wildman–Crippen MR) is 94.9 cm³/mol. The van der Waals surface area contributed by atoms with E-state index in [2.05, 4.69) is 6.07 Å². The van der Waals surface area contributed by atoms with E-state index in [0.29, 0.717) is 25.3 Å². The van der Waals surface area contributed by atoms with Gasteiger partial charge < -0.3 is 19.3 Å². The number of carbonyl (C=O) groups is 1. The van der Waals surface area contributed by atoms with Crippen molar-refractivity contribution in [2.75, 3.05) is 47.0 Å². The fourth-order valence-corrected chi connectivity index (χ4v) is 2.66. The van der Waals surface area contributed by atoms with Gasteiger partial charge in [0.15, 0.2) is 0 Å². The van der Waals surface area contributed by atoms with E-state index in [9.17, 15) is 4.79 Å². The van der Waals surface area contributed by atoms with Crippen LogP contribution in [0.4, 0.5) is 0 Å². The maximum absolute atomic E-state index is 12.5. The molecule has 25 heavy (non-hydrogen) atoms. The molecule has 6 nitrogen and oxygen atoms in total. The monoisotopic (exact) mass is 345 g/mol. The van der Waals surface area contributed by atoms with E-state index in [1.807, 2.05) is 31.1 Å². The minimum Gasteiger partial charge on any atom is -0.376 e. The summed E-state index contributed by atoms with van der Waals surface area (Å²) >= 11 is 0. The highest BCUT2D eigenvalue weighted by atomic mass is 16.5. The minimum atomic E-state index is -0.0239. The zero-order valence-corrected chi connectivity index (χ0v) is 15.1. The smallest absolute Gasteiger partial charge is 0.248 e. The van der Waals surface area contributed by atoms with Gasteiger partial charge in [0.05, 0.1) is 24.3 Å². The third-order valence-corrected chi connectivity index (χ3v) is 4.18. The molecule has 1 fully saturated rings. The number of nitriles is 1. The molecule has 0 aliphatic carbocycles. The van der Waals surface area contributed by atoms with Crippen molar-refractivity contribution in [2.24, 2.45) is 0 Å².